The molecule has 1 heterocycles. The molecule has 1 aliphatic rings. The summed E-state index contributed by atoms with van der Waals surface area (Å²) in [5.74, 6) is -2.79. The Morgan fingerprint density at radius 1 is 1.18 bits per heavy atom. The summed E-state index contributed by atoms with van der Waals surface area (Å²) < 4.78 is 65.0. The number of benzene rings is 1. The van der Waals surface area contributed by atoms with Crippen LogP contribution in [0.25, 0.3) is 0 Å². The maximum absolute atomic E-state index is 13.6. The summed E-state index contributed by atoms with van der Waals surface area (Å²) in [5.41, 5.74) is 10.5. The lowest BCUT2D eigenvalue weighted by Gasteiger charge is -2.29. The van der Waals surface area contributed by atoms with Crippen LogP contribution in [0.3, 0.4) is 0 Å². The van der Waals surface area contributed by atoms with E-state index in [-0.39, 0.29) is 49.1 Å². The first-order chi connectivity index (χ1) is 18.1. The zero-order chi connectivity index (χ0) is 29.4. The normalized spacial score (nSPS) is 19.2. The Morgan fingerprint density at radius 3 is 2.38 bits per heavy atom. The molecule has 1 saturated heterocycles. The predicted molar refractivity (Wildman–Crippen MR) is 142 cm³/mol. The Labute approximate surface area is 227 Å². The van der Waals surface area contributed by atoms with Crippen LogP contribution in [0.5, 0.6) is 0 Å². The standard InChI is InChI=1S/C23H35FN6O7S2/c1-15-12-20(21(32)28-17(14-31)4-3-10-27-23(25)26)30(13-15)22(33)19(9-11-38(2,34)35)29-39(36,37)18-7-5-16(24)6-8-18/h5-8,14-15,17,19-20,29H,3-4,9-13H2,1-2H3,(H,28,32)(H4,25,26,27)/t15-,17-,19?,20?/m0/s1. The quantitative estimate of drug-likeness (QED) is 0.0893. The molecule has 2 unspecified atom stereocenters. The van der Waals surface area contributed by atoms with Crippen molar-refractivity contribution in [1.82, 2.24) is 14.9 Å². The van der Waals surface area contributed by atoms with Crippen LogP contribution in [0, 0.1) is 11.7 Å². The van der Waals surface area contributed by atoms with Crippen molar-refractivity contribution >= 4 is 43.9 Å². The van der Waals surface area contributed by atoms with Crippen molar-refractivity contribution in [2.75, 3.05) is 25.1 Å². The molecule has 0 spiro atoms. The number of likely N-dealkylation sites (tertiary alicyclic amines) is 1. The number of carbonyl (C=O) groups is 3. The first kappa shape index (κ1) is 32.1. The summed E-state index contributed by atoms with van der Waals surface area (Å²) in [7, 11) is -7.92. The average Bonchev–Trinajstić information content (AvgIpc) is 3.24. The second-order valence-electron chi connectivity index (χ2n) is 9.59. The van der Waals surface area contributed by atoms with Crippen molar-refractivity contribution in [2.24, 2.45) is 22.4 Å². The van der Waals surface area contributed by atoms with E-state index in [0.29, 0.717) is 12.7 Å². The molecule has 16 heteroatoms. The number of hydrogen-bond acceptors (Lipinski definition) is 8. The van der Waals surface area contributed by atoms with E-state index in [1.807, 2.05) is 0 Å². The number of nitrogens with one attached hydrogen (secondary N) is 2. The molecule has 2 rings (SSSR count). The molecule has 0 radical (unpaired) electrons. The van der Waals surface area contributed by atoms with Crippen LogP contribution in [0.15, 0.2) is 34.2 Å². The van der Waals surface area contributed by atoms with Crippen LogP contribution in [-0.4, -0.2) is 89.0 Å². The van der Waals surface area contributed by atoms with Gasteiger partial charge in [-0.3, -0.25) is 14.6 Å². The molecule has 1 aliphatic heterocycles. The number of nitrogens with two attached hydrogens (primary N) is 2. The van der Waals surface area contributed by atoms with Gasteiger partial charge in [0.25, 0.3) is 0 Å². The summed E-state index contributed by atoms with van der Waals surface area (Å²) in [5, 5.41) is 2.59. The molecule has 0 aromatic heterocycles. The van der Waals surface area contributed by atoms with Crippen LogP contribution in [0.4, 0.5) is 4.39 Å². The summed E-state index contributed by atoms with van der Waals surface area (Å²) in [6, 6.07) is 0.502. The number of rotatable bonds is 14. The predicted octanol–water partition coefficient (Wildman–Crippen LogP) is -1.12. The number of hydrogen-bond donors (Lipinski definition) is 4. The minimum atomic E-state index is -4.35. The fraction of sp³-hybridized carbons (Fsp3) is 0.565. The number of nitrogens with zero attached hydrogens (tertiary/aromatic N) is 2. The van der Waals surface area contributed by atoms with E-state index in [4.69, 9.17) is 11.5 Å². The average molecular weight is 591 g/mol. The molecule has 0 bridgehead atoms. The highest BCUT2D eigenvalue weighted by Gasteiger charge is 2.41. The minimum absolute atomic E-state index is 0.101. The molecular formula is C23H35FN6O7S2. The summed E-state index contributed by atoms with van der Waals surface area (Å²) in [4.78, 5) is 42.9. The van der Waals surface area contributed by atoms with Gasteiger partial charge >= 0.3 is 0 Å². The van der Waals surface area contributed by atoms with Gasteiger partial charge in [0.15, 0.2) is 5.96 Å². The number of sulfone groups is 1. The molecule has 13 nitrogen and oxygen atoms in total. The van der Waals surface area contributed by atoms with E-state index in [1.165, 1.54) is 4.90 Å². The number of amides is 2. The zero-order valence-electron chi connectivity index (χ0n) is 21.7. The Bertz CT molecular complexity index is 1270. The fourth-order valence-electron chi connectivity index (χ4n) is 4.14. The lowest BCUT2D eigenvalue weighted by molar-refractivity contribution is -0.140. The number of sulfonamides is 1. The van der Waals surface area contributed by atoms with Gasteiger partial charge in [0.2, 0.25) is 21.8 Å². The SMILES string of the molecule is C[C@H]1CC(C(=O)N[C@H](C=O)CCCN=C(N)N)N(C(=O)C(CCS(C)(=O)=O)NS(=O)(=O)c2ccc(F)cc2)C1. The Kier molecular flexibility index (Phi) is 11.4. The van der Waals surface area contributed by atoms with Gasteiger partial charge in [-0.05, 0) is 55.9 Å². The maximum Gasteiger partial charge on any atom is 0.243 e. The van der Waals surface area contributed by atoms with E-state index < -0.39 is 61.4 Å². The van der Waals surface area contributed by atoms with Gasteiger partial charge in [0.1, 0.15) is 34.0 Å². The van der Waals surface area contributed by atoms with Gasteiger partial charge in [-0.15, -0.1) is 0 Å². The summed E-state index contributed by atoms with van der Waals surface area (Å²) >= 11 is 0. The lowest BCUT2D eigenvalue weighted by Crippen LogP contribution is -2.55. The molecule has 6 N–H and O–H groups in total. The van der Waals surface area contributed by atoms with Crippen LogP contribution in [0.1, 0.15) is 32.6 Å². The van der Waals surface area contributed by atoms with Gasteiger partial charge in [0, 0.05) is 19.3 Å². The largest absolute Gasteiger partial charge is 0.370 e. The van der Waals surface area contributed by atoms with E-state index in [1.54, 1.807) is 6.92 Å². The molecule has 1 aromatic carbocycles. The van der Waals surface area contributed by atoms with Crippen molar-refractivity contribution in [3.8, 4) is 0 Å². The molecule has 0 aliphatic carbocycles. The first-order valence-electron chi connectivity index (χ1n) is 12.2. The van der Waals surface area contributed by atoms with Crippen LogP contribution < -0.4 is 21.5 Å². The number of aliphatic imine (C=N–C) groups is 1. The topological polar surface area (TPSA) is 211 Å². The number of guanidine groups is 1. The van der Waals surface area contributed by atoms with E-state index >= 15 is 0 Å². The van der Waals surface area contributed by atoms with E-state index in [2.05, 4.69) is 15.0 Å². The van der Waals surface area contributed by atoms with Crippen molar-refractivity contribution in [2.45, 2.75) is 55.6 Å². The molecule has 1 fully saturated rings. The first-order valence-corrected chi connectivity index (χ1v) is 15.7. The molecule has 0 saturated carbocycles. The number of aldehydes is 1. The molecule has 1 aromatic rings. The minimum Gasteiger partial charge on any atom is -0.370 e. The van der Waals surface area contributed by atoms with Gasteiger partial charge in [-0.25, -0.2) is 21.2 Å². The molecular weight excluding hydrogens is 555 g/mol. The van der Waals surface area contributed by atoms with Crippen LogP contribution >= 0.6 is 0 Å². The third kappa shape index (κ3) is 10.2. The van der Waals surface area contributed by atoms with Crippen molar-refractivity contribution < 1.29 is 35.6 Å². The molecule has 2 amide bonds. The highest BCUT2D eigenvalue weighted by Crippen LogP contribution is 2.25. The van der Waals surface area contributed by atoms with Gasteiger partial charge in [-0.1, -0.05) is 6.92 Å². The van der Waals surface area contributed by atoms with Gasteiger partial charge in [-0.2, -0.15) is 4.72 Å². The van der Waals surface area contributed by atoms with Gasteiger partial charge in [0.05, 0.1) is 16.7 Å². The van der Waals surface area contributed by atoms with E-state index in [0.717, 1.165) is 30.5 Å². The highest BCUT2D eigenvalue weighted by atomic mass is 32.2. The zero-order valence-corrected chi connectivity index (χ0v) is 23.4. The Morgan fingerprint density at radius 2 is 1.82 bits per heavy atom. The van der Waals surface area contributed by atoms with Crippen LogP contribution in [-0.2, 0) is 34.2 Å². The summed E-state index contributed by atoms with van der Waals surface area (Å²) in [6.45, 7) is 2.17. The smallest absolute Gasteiger partial charge is 0.243 e. The third-order valence-corrected chi connectivity index (χ3v) is 8.52. The number of halogens is 1. The van der Waals surface area contributed by atoms with Crippen LogP contribution in [0.2, 0.25) is 0 Å². The second kappa shape index (κ2) is 13.8. The van der Waals surface area contributed by atoms with E-state index in [9.17, 15) is 35.6 Å². The monoisotopic (exact) mass is 590 g/mol. The highest BCUT2D eigenvalue weighted by molar-refractivity contribution is 7.90. The molecule has 39 heavy (non-hydrogen) atoms. The molecule has 218 valence electrons. The Balaban J connectivity index is 2.24. The van der Waals surface area contributed by atoms with Crippen molar-refractivity contribution in [1.29, 1.82) is 0 Å². The number of carbonyl (C=O) groups excluding carboxylic acids is 3. The molecule has 4 atom stereocenters. The maximum atomic E-state index is 13.6. The third-order valence-electron chi connectivity index (χ3n) is 6.05. The lowest BCUT2D eigenvalue weighted by atomic mass is 10.1. The van der Waals surface area contributed by atoms with Gasteiger partial charge < -0.3 is 26.5 Å². The van der Waals surface area contributed by atoms with Crippen molar-refractivity contribution in [3.05, 3.63) is 30.1 Å². The fourth-order valence-corrected chi connectivity index (χ4v) is 6.03. The van der Waals surface area contributed by atoms with Crippen molar-refractivity contribution in [3.63, 3.8) is 0 Å². The summed E-state index contributed by atoms with van der Waals surface area (Å²) in [6.07, 6.45) is 2.02. The second-order valence-corrected chi connectivity index (χ2v) is 13.6. The Hall–Kier alpha value is -3.11.